The lowest BCUT2D eigenvalue weighted by atomic mass is 10.1. The van der Waals surface area contributed by atoms with Crippen LogP contribution in [0.15, 0.2) is 29.2 Å². The Bertz CT molecular complexity index is 596. The molecule has 1 unspecified atom stereocenters. The van der Waals surface area contributed by atoms with Gasteiger partial charge in [-0.25, -0.2) is 13.1 Å². The van der Waals surface area contributed by atoms with E-state index in [0.717, 1.165) is 26.1 Å². The zero-order valence-corrected chi connectivity index (χ0v) is 13.3. The topological polar surface area (TPSA) is 66.5 Å². The normalized spacial score (nSPS) is 19.8. The zero-order valence-electron chi connectivity index (χ0n) is 12.5. The lowest BCUT2D eigenvalue weighted by Gasteiger charge is -2.14. The number of likely N-dealkylation sites (tertiary alicyclic amines) is 1. The molecular formula is C15H22N2O3S. The van der Waals surface area contributed by atoms with Crippen molar-refractivity contribution in [3.05, 3.63) is 29.8 Å². The second-order valence-corrected chi connectivity index (χ2v) is 7.25. The molecular weight excluding hydrogens is 288 g/mol. The minimum Gasteiger partial charge on any atom is -0.303 e. The van der Waals surface area contributed by atoms with Crippen LogP contribution in [0.4, 0.5) is 0 Å². The largest absolute Gasteiger partial charge is 0.303 e. The van der Waals surface area contributed by atoms with Crippen molar-refractivity contribution < 1.29 is 13.2 Å². The molecule has 5 nitrogen and oxygen atoms in total. The molecule has 1 fully saturated rings. The molecule has 1 aliphatic heterocycles. The van der Waals surface area contributed by atoms with Crippen molar-refractivity contribution in [2.45, 2.75) is 25.2 Å². The van der Waals surface area contributed by atoms with Crippen molar-refractivity contribution in [2.24, 2.45) is 5.92 Å². The van der Waals surface area contributed by atoms with Gasteiger partial charge in [0, 0.05) is 18.7 Å². The molecule has 1 aromatic rings. The van der Waals surface area contributed by atoms with Gasteiger partial charge in [0.05, 0.1) is 4.90 Å². The summed E-state index contributed by atoms with van der Waals surface area (Å²) < 4.78 is 27.1. The Kier molecular flexibility index (Phi) is 5.13. The molecule has 1 aromatic carbocycles. The molecule has 0 aliphatic carbocycles. The fourth-order valence-corrected chi connectivity index (χ4v) is 3.66. The highest BCUT2D eigenvalue weighted by Crippen LogP contribution is 2.16. The maximum absolute atomic E-state index is 12.2. The molecule has 1 atom stereocenters. The first kappa shape index (κ1) is 16.1. The SMILES string of the molecule is CCN1CCC(CNS(=O)(=O)c2ccc(C(C)=O)cc2)C1. The van der Waals surface area contributed by atoms with E-state index in [0.29, 0.717) is 18.0 Å². The van der Waals surface area contributed by atoms with Gasteiger partial charge in [-0.2, -0.15) is 0 Å². The van der Waals surface area contributed by atoms with Gasteiger partial charge < -0.3 is 4.90 Å². The van der Waals surface area contributed by atoms with E-state index in [-0.39, 0.29) is 10.7 Å². The number of ketones is 1. The van der Waals surface area contributed by atoms with Gasteiger partial charge in [0.25, 0.3) is 0 Å². The summed E-state index contributed by atoms with van der Waals surface area (Å²) in [5.74, 6) is 0.300. The van der Waals surface area contributed by atoms with Gasteiger partial charge in [-0.05, 0) is 44.5 Å². The summed E-state index contributed by atoms with van der Waals surface area (Å²) in [4.78, 5) is 13.7. The van der Waals surface area contributed by atoms with Gasteiger partial charge in [-0.1, -0.05) is 19.1 Å². The number of hydrogen-bond acceptors (Lipinski definition) is 4. The van der Waals surface area contributed by atoms with Crippen LogP contribution in [-0.2, 0) is 10.0 Å². The minimum absolute atomic E-state index is 0.0717. The zero-order chi connectivity index (χ0) is 15.5. The maximum Gasteiger partial charge on any atom is 0.240 e. The Morgan fingerprint density at radius 2 is 2.00 bits per heavy atom. The van der Waals surface area contributed by atoms with Crippen molar-refractivity contribution in [1.29, 1.82) is 0 Å². The molecule has 0 spiro atoms. The van der Waals surface area contributed by atoms with Crippen LogP contribution < -0.4 is 4.72 Å². The van der Waals surface area contributed by atoms with E-state index in [9.17, 15) is 13.2 Å². The van der Waals surface area contributed by atoms with Crippen LogP contribution in [0.1, 0.15) is 30.6 Å². The first-order valence-electron chi connectivity index (χ1n) is 7.25. The Morgan fingerprint density at radius 3 is 2.52 bits per heavy atom. The average Bonchev–Trinajstić information content (AvgIpc) is 2.93. The number of rotatable bonds is 6. The van der Waals surface area contributed by atoms with Crippen LogP contribution in [-0.4, -0.2) is 45.3 Å². The van der Waals surface area contributed by atoms with Crippen LogP contribution in [0.25, 0.3) is 0 Å². The summed E-state index contributed by atoms with van der Waals surface area (Å²) in [5.41, 5.74) is 0.517. The summed E-state index contributed by atoms with van der Waals surface area (Å²) in [5, 5.41) is 0. The Labute approximate surface area is 126 Å². The monoisotopic (exact) mass is 310 g/mol. The molecule has 0 radical (unpaired) electrons. The van der Waals surface area contributed by atoms with Crippen molar-refractivity contribution >= 4 is 15.8 Å². The van der Waals surface area contributed by atoms with Crippen molar-refractivity contribution in [3.8, 4) is 0 Å². The molecule has 2 rings (SSSR count). The van der Waals surface area contributed by atoms with Crippen LogP contribution in [0.5, 0.6) is 0 Å². The van der Waals surface area contributed by atoms with Crippen molar-refractivity contribution in [3.63, 3.8) is 0 Å². The predicted octanol–water partition coefficient (Wildman–Crippen LogP) is 1.51. The number of carbonyl (C=O) groups excluding carboxylic acids is 1. The third kappa shape index (κ3) is 4.12. The van der Waals surface area contributed by atoms with Gasteiger partial charge in [-0.3, -0.25) is 4.79 Å². The smallest absolute Gasteiger partial charge is 0.240 e. The number of nitrogens with one attached hydrogen (secondary N) is 1. The summed E-state index contributed by atoms with van der Waals surface area (Å²) in [6, 6.07) is 6.05. The standard InChI is InChI=1S/C15H22N2O3S/c1-3-17-9-8-13(11-17)10-16-21(19,20)15-6-4-14(5-7-15)12(2)18/h4-7,13,16H,3,8-11H2,1-2H3. The number of nitrogens with zero attached hydrogens (tertiary/aromatic N) is 1. The van der Waals surface area contributed by atoms with Gasteiger partial charge >= 0.3 is 0 Å². The van der Waals surface area contributed by atoms with Crippen molar-refractivity contribution in [2.75, 3.05) is 26.2 Å². The lowest BCUT2D eigenvalue weighted by molar-refractivity contribution is 0.101. The molecule has 1 N–H and O–H groups in total. The van der Waals surface area contributed by atoms with E-state index in [1.165, 1.54) is 19.1 Å². The first-order valence-corrected chi connectivity index (χ1v) is 8.73. The van der Waals surface area contributed by atoms with Crippen LogP contribution >= 0.6 is 0 Å². The van der Waals surface area contributed by atoms with Gasteiger partial charge in [-0.15, -0.1) is 0 Å². The molecule has 0 aromatic heterocycles. The molecule has 6 heteroatoms. The molecule has 0 saturated carbocycles. The van der Waals surface area contributed by atoms with E-state index in [1.54, 1.807) is 12.1 Å². The second kappa shape index (κ2) is 6.68. The second-order valence-electron chi connectivity index (χ2n) is 5.48. The fraction of sp³-hybridized carbons (Fsp3) is 0.533. The highest BCUT2D eigenvalue weighted by Gasteiger charge is 2.23. The number of benzene rings is 1. The average molecular weight is 310 g/mol. The molecule has 1 heterocycles. The van der Waals surface area contributed by atoms with E-state index in [2.05, 4.69) is 16.5 Å². The molecule has 21 heavy (non-hydrogen) atoms. The van der Waals surface area contributed by atoms with Crippen LogP contribution in [0.3, 0.4) is 0 Å². The number of hydrogen-bond donors (Lipinski definition) is 1. The number of sulfonamides is 1. The molecule has 0 bridgehead atoms. The predicted molar refractivity (Wildman–Crippen MR) is 81.9 cm³/mol. The summed E-state index contributed by atoms with van der Waals surface area (Å²) in [6.45, 7) is 7.03. The van der Waals surface area contributed by atoms with Crippen LogP contribution in [0.2, 0.25) is 0 Å². The van der Waals surface area contributed by atoms with E-state index < -0.39 is 10.0 Å². The Hall–Kier alpha value is -1.24. The molecule has 1 saturated heterocycles. The Balaban J connectivity index is 1.97. The lowest BCUT2D eigenvalue weighted by Crippen LogP contribution is -2.31. The molecule has 1 aliphatic rings. The van der Waals surface area contributed by atoms with Gasteiger partial charge in [0.2, 0.25) is 10.0 Å². The third-order valence-electron chi connectivity index (χ3n) is 3.95. The van der Waals surface area contributed by atoms with E-state index in [1.807, 2.05) is 0 Å². The summed E-state index contributed by atoms with van der Waals surface area (Å²) in [7, 11) is -3.49. The summed E-state index contributed by atoms with van der Waals surface area (Å²) in [6.07, 6.45) is 1.03. The number of carbonyl (C=O) groups is 1. The molecule has 116 valence electrons. The highest BCUT2D eigenvalue weighted by molar-refractivity contribution is 7.89. The fourth-order valence-electron chi connectivity index (χ4n) is 2.55. The first-order chi connectivity index (χ1) is 9.92. The minimum atomic E-state index is -3.49. The van der Waals surface area contributed by atoms with Gasteiger partial charge in [0.15, 0.2) is 5.78 Å². The van der Waals surface area contributed by atoms with E-state index >= 15 is 0 Å². The Morgan fingerprint density at radius 1 is 1.33 bits per heavy atom. The van der Waals surface area contributed by atoms with Crippen molar-refractivity contribution in [1.82, 2.24) is 9.62 Å². The third-order valence-corrected chi connectivity index (χ3v) is 5.39. The highest BCUT2D eigenvalue weighted by atomic mass is 32.2. The molecule has 0 amide bonds. The summed E-state index contributed by atoms with van der Waals surface area (Å²) >= 11 is 0. The number of Topliss-reactive ketones (excluding diaryl/α,β-unsaturated/α-hetero) is 1. The van der Waals surface area contributed by atoms with Gasteiger partial charge in [0.1, 0.15) is 0 Å². The van der Waals surface area contributed by atoms with Crippen LogP contribution in [0, 0.1) is 5.92 Å². The van der Waals surface area contributed by atoms with E-state index in [4.69, 9.17) is 0 Å². The quantitative estimate of drug-likeness (QED) is 0.809. The maximum atomic E-state index is 12.2.